The summed E-state index contributed by atoms with van der Waals surface area (Å²) in [7, 11) is 1.30. The van der Waals surface area contributed by atoms with Crippen LogP contribution in [0.4, 0.5) is 4.79 Å². The zero-order valence-corrected chi connectivity index (χ0v) is 13.9. The highest BCUT2D eigenvalue weighted by Gasteiger charge is 2.29. The monoisotopic (exact) mass is 344 g/mol. The number of nitrogens with one attached hydrogen (secondary N) is 2. The van der Waals surface area contributed by atoms with Crippen LogP contribution in [-0.4, -0.2) is 60.0 Å². The molecule has 0 radical (unpaired) electrons. The van der Waals surface area contributed by atoms with Crippen molar-refractivity contribution < 1.29 is 19.1 Å². The number of ether oxygens (including phenoxy) is 2. The molecule has 1 aliphatic heterocycles. The summed E-state index contributed by atoms with van der Waals surface area (Å²) in [5, 5.41) is 9.69. The van der Waals surface area contributed by atoms with E-state index in [-0.39, 0.29) is 12.6 Å². The summed E-state index contributed by atoms with van der Waals surface area (Å²) in [6, 6.07) is 9.51. The van der Waals surface area contributed by atoms with Gasteiger partial charge < -0.3 is 19.7 Å². The second-order valence-corrected chi connectivity index (χ2v) is 5.65. The van der Waals surface area contributed by atoms with E-state index in [0.717, 1.165) is 16.8 Å². The summed E-state index contributed by atoms with van der Waals surface area (Å²) in [5.74, 6) is -0.466. The van der Waals surface area contributed by atoms with Crippen molar-refractivity contribution in [3.8, 4) is 11.3 Å². The molecule has 0 saturated carbocycles. The van der Waals surface area contributed by atoms with Gasteiger partial charge in [-0.1, -0.05) is 24.3 Å². The van der Waals surface area contributed by atoms with Crippen LogP contribution in [0.25, 0.3) is 11.3 Å². The van der Waals surface area contributed by atoms with Gasteiger partial charge in [-0.15, -0.1) is 0 Å². The first-order chi connectivity index (χ1) is 12.2. The lowest BCUT2D eigenvalue weighted by atomic mass is 10.1. The van der Waals surface area contributed by atoms with Crippen molar-refractivity contribution in [2.24, 2.45) is 0 Å². The molecule has 0 unspecified atom stereocenters. The number of hydrogen-bond acceptors (Lipinski definition) is 5. The lowest BCUT2D eigenvalue weighted by Gasteiger charge is -2.31. The molecule has 132 valence electrons. The van der Waals surface area contributed by atoms with E-state index in [0.29, 0.717) is 19.7 Å². The van der Waals surface area contributed by atoms with Crippen LogP contribution in [0.3, 0.4) is 0 Å². The van der Waals surface area contributed by atoms with E-state index in [1.54, 1.807) is 11.1 Å². The number of rotatable bonds is 4. The molecule has 1 saturated heterocycles. The number of aromatic nitrogens is 2. The molecule has 8 heteroatoms. The molecule has 25 heavy (non-hydrogen) atoms. The van der Waals surface area contributed by atoms with Crippen LogP contribution in [0.1, 0.15) is 5.56 Å². The number of hydrogen-bond donors (Lipinski definition) is 2. The number of urea groups is 1. The third-order valence-corrected chi connectivity index (χ3v) is 4.03. The van der Waals surface area contributed by atoms with Gasteiger partial charge in [0.25, 0.3) is 0 Å². The summed E-state index contributed by atoms with van der Waals surface area (Å²) >= 11 is 0. The molecule has 2 aromatic rings. The predicted molar refractivity (Wildman–Crippen MR) is 89.6 cm³/mol. The fraction of sp³-hybridized carbons (Fsp3) is 0.353. The Kier molecular flexibility index (Phi) is 5.30. The highest BCUT2D eigenvalue weighted by atomic mass is 16.6. The quantitative estimate of drug-likeness (QED) is 0.812. The maximum atomic E-state index is 12.3. The summed E-state index contributed by atoms with van der Waals surface area (Å²) in [6.45, 7) is 1.35. The van der Waals surface area contributed by atoms with Crippen molar-refractivity contribution in [2.45, 2.75) is 12.6 Å². The summed E-state index contributed by atoms with van der Waals surface area (Å²) in [4.78, 5) is 25.4. The van der Waals surface area contributed by atoms with Crippen molar-refractivity contribution >= 4 is 12.0 Å². The zero-order chi connectivity index (χ0) is 17.6. The van der Waals surface area contributed by atoms with Crippen LogP contribution in [0.15, 0.2) is 36.5 Å². The Bertz CT molecular complexity index is 715. The molecule has 2 heterocycles. The molecule has 0 aliphatic carbocycles. The Balaban J connectivity index is 1.52. The molecule has 0 spiro atoms. The van der Waals surface area contributed by atoms with E-state index in [9.17, 15) is 9.59 Å². The lowest BCUT2D eigenvalue weighted by Crippen LogP contribution is -2.51. The van der Waals surface area contributed by atoms with Gasteiger partial charge in [-0.05, 0) is 17.2 Å². The van der Waals surface area contributed by atoms with Crippen molar-refractivity contribution in [2.75, 3.05) is 26.8 Å². The van der Waals surface area contributed by atoms with Crippen LogP contribution in [-0.2, 0) is 20.8 Å². The molecule has 2 N–H and O–H groups in total. The molecular formula is C17H20N4O4. The maximum absolute atomic E-state index is 12.3. The molecule has 1 aromatic carbocycles. The van der Waals surface area contributed by atoms with Gasteiger partial charge in [0.15, 0.2) is 6.10 Å². The van der Waals surface area contributed by atoms with Gasteiger partial charge in [-0.25, -0.2) is 9.59 Å². The Morgan fingerprint density at radius 3 is 2.84 bits per heavy atom. The third kappa shape index (κ3) is 4.16. The van der Waals surface area contributed by atoms with Gasteiger partial charge in [0.05, 0.1) is 26.0 Å². The van der Waals surface area contributed by atoms with Crippen LogP contribution >= 0.6 is 0 Å². The zero-order valence-electron chi connectivity index (χ0n) is 13.9. The average Bonchev–Trinajstić information content (AvgIpc) is 3.20. The number of esters is 1. The minimum absolute atomic E-state index is 0.192. The molecule has 0 bridgehead atoms. The summed E-state index contributed by atoms with van der Waals surface area (Å²) in [6.07, 6.45) is 0.978. The van der Waals surface area contributed by atoms with Crippen LogP contribution in [0, 0.1) is 0 Å². The molecule has 1 aromatic heterocycles. The SMILES string of the molecule is COC(=O)[C@H]1CN(C(=O)NCc2ccc(-c3ccn[nH]3)cc2)CCO1. The van der Waals surface area contributed by atoms with Gasteiger partial charge >= 0.3 is 12.0 Å². The first-order valence-corrected chi connectivity index (χ1v) is 7.98. The lowest BCUT2D eigenvalue weighted by molar-refractivity contribution is -0.158. The number of nitrogens with zero attached hydrogens (tertiary/aromatic N) is 2. The standard InChI is InChI=1S/C17H20N4O4/c1-24-16(22)15-11-21(8-9-25-15)17(23)18-10-12-2-4-13(5-3-12)14-6-7-19-20-14/h2-7,15H,8-11H2,1H3,(H,18,23)(H,19,20)/t15-/m1/s1. The van der Waals surface area contributed by atoms with Crippen molar-refractivity contribution in [1.29, 1.82) is 0 Å². The number of amides is 2. The highest BCUT2D eigenvalue weighted by Crippen LogP contribution is 2.16. The Labute approximate surface area is 145 Å². The van der Waals surface area contributed by atoms with Crippen LogP contribution < -0.4 is 5.32 Å². The number of carbonyl (C=O) groups is 2. The average molecular weight is 344 g/mol. The first kappa shape index (κ1) is 17.0. The normalized spacial score (nSPS) is 17.2. The number of H-pyrrole nitrogens is 1. The predicted octanol–water partition coefficient (Wildman–Crippen LogP) is 1.16. The number of methoxy groups -OCH3 is 1. The van der Waals surface area contributed by atoms with Gasteiger partial charge in [-0.3, -0.25) is 5.10 Å². The Morgan fingerprint density at radius 1 is 1.36 bits per heavy atom. The molecule has 3 rings (SSSR count). The van der Waals surface area contributed by atoms with Gasteiger partial charge in [0.1, 0.15) is 0 Å². The van der Waals surface area contributed by atoms with Crippen molar-refractivity contribution in [1.82, 2.24) is 20.4 Å². The summed E-state index contributed by atoms with van der Waals surface area (Å²) < 4.78 is 9.98. The van der Waals surface area contributed by atoms with Crippen LogP contribution in [0.5, 0.6) is 0 Å². The van der Waals surface area contributed by atoms with E-state index in [1.807, 2.05) is 30.3 Å². The van der Waals surface area contributed by atoms with E-state index in [1.165, 1.54) is 7.11 Å². The van der Waals surface area contributed by atoms with Crippen molar-refractivity contribution in [3.63, 3.8) is 0 Å². The second-order valence-electron chi connectivity index (χ2n) is 5.65. The number of aromatic amines is 1. The fourth-order valence-electron chi connectivity index (χ4n) is 2.62. The minimum Gasteiger partial charge on any atom is -0.467 e. The fourth-order valence-corrected chi connectivity index (χ4v) is 2.62. The smallest absolute Gasteiger partial charge is 0.336 e. The van der Waals surface area contributed by atoms with E-state index >= 15 is 0 Å². The molecule has 1 aliphatic rings. The molecule has 8 nitrogen and oxygen atoms in total. The Hall–Kier alpha value is -2.87. The topological polar surface area (TPSA) is 96.5 Å². The Morgan fingerprint density at radius 2 is 2.16 bits per heavy atom. The van der Waals surface area contributed by atoms with E-state index in [4.69, 9.17) is 4.74 Å². The maximum Gasteiger partial charge on any atom is 0.336 e. The molecule has 2 amide bonds. The highest BCUT2D eigenvalue weighted by molar-refractivity contribution is 5.78. The third-order valence-electron chi connectivity index (χ3n) is 4.03. The molecule has 1 fully saturated rings. The summed E-state index contributed by atoms with van der Waals surface area (Å²) in [5.41, 5.74) is 2.95. The van der Waals surface area contributed by atoms with Gasteiger partial charge in [0, 0.05) is 19.3 Å². The number of morpholine rings is 1. The minimum atomic E-state index is -0.724. The largest absolute Gasteiger partial charge is 0.467 e. The number of carbonyl (C=O) groups excluding carboxylic acids is 2. The van der Waals surface area contributed by atoms with Crippen LogP contribution in [0.2, 0.25) is 0 Å². The van der Waals surface area contributed by atoms with E-state index < -0.39 is 12.1 Å². The van der Waals surface area contributed by atoms with Gasteiger partial charge in [-0.2, -0.15) is 5.10 Å². The van der Waals surface area contributed by atoms with Gasteiger partial charge in [0.2, 0.25) is 0 Å². The first-order valence-electron chi connectivity index (χ1n) is 7.98. The van der Waals surface area contributed by atoms with Crippen molar-refractivity contribution in [3.05, 3.63) is 42.1 Å². The number of benzene rings is 1. The second kappa shape index (κ2) is 7.80. The molecule has 1 atom stereocenters. The van der Waals surface area contributed by atoms with E-state index in [2.05, 4.69) is 20.3 Å². The molecular weight excluding hydrogens is 324 g/mol.